The van der Waals surface area contributed by atoms with Crippen LogP contribution < -0.4 is 0 Å². The summed E-state index contributed by atoms with van der Waals surface area (Å²) < 4.78 is 0. The molecule has 54 valence electrons. The monoisotopic (exact) mass is 143 g/mol. The fourth-order valence-corrected chi connectivity index (χ4v) is 0.756. The molecule has 0 aliphatic rings. The lowest BCUT2D eigenvalue weighted by Crippen LogP contribution is -1.74. The van der Waals surface area contributed by atoms with E-state index in [9.17, 15) is 0 Å². The third-order valence-corrected chi connectivity index (χ3v) is 1.34. The predicted molar refractivity (Wildman–Crippen MR) is 46.8 cm³/mol. The van der Waals surface area contributed by atoms with Gasteiger partial charge in [-0.25, -0.2) is 0 Å². The SMILES string of the molecule is Cc1ccc(C#CC=N)cc1. The molecule has 0 saturated heterocycles. The quantitative estimate of drug-likeness (QED) is 0.424. The van der Waals surface area contributed by atoms with E-state index in [4.69, 9.17) is 5.41 Å². The van der Waals surface area contributed by atoms with Crippen molar-refractivity contribution < 1.29 is 0 Å². The van der Waals surface area contributed by atoms with Crippen molar-refractivity contribution in [2.24, 2.45) is 0 Å². The second-order valence-corrected chi connectivity index (χ2v) is 2.28. The second-order valence-electron chi connectivity index (χ2n) is 2.28. The van der Waals surface area contributed by atoms with Crippen LogP contribution in [-0.2, 0) is 0 Å². The molecule has 0 amide bonds. The van der Waals surface area contributed by atoms with E-state index in [1.807, 2.05) is 31.2 Å². The van der Waals surface area contributed by atoms with Gasteiger partial charge >= 0.3 is 0 Å². The molecule has 0 spiro atoms. The molecule has 0 heterocycles. The van der Waals surface area contributed by atoms with Crippen LogP contribution in [-0.4, -0.2) is 6.21 Å². The van der Waals surface area contributed by atoms with Crippen LogP contribution in [0, 0.1) is 24.2 Å². The van der Waals surface area contributed by atoms with E-state index in [1.54, 1.807) is 0 Å². The zero-order chi connectivity index (χ0) is 8.10. The Hall–Kier alpha value is -1.55. The van der Waals surface area contributed by atoms with Crippen LogP contribution in [0.1, 0.15) is 11.1 Å². The van der Waals surface area contributed by atoms with Crippen molar-refractivity contribution in [3.05, 3.63) is 35.4 Å². The van der Waals surface area contributed by atoms with Crippen molar-refractivity contribution in [2.75, 3.05) is 0 Å². The van der Waals surface area contributed by atoms with Gasteiger partial charge in [-0.2, -0.15) is 0 Å². The smallest absolute Gasteiger partial charge is 0.0680 e. The van der Waals surface area contributed by atoms with Crippen LogP contribution >= 0.6 is 0 Å². The highest BCUT2D eigenvalue weighted by Crippen LogP contribution is 2.00. The second kappa shape index (κ2) is 3.58. The molecule has 0 bridgehead atoms. The van der Waals surface area contributed by atoms with E-state index in [-0.39, 0.29) is 0 Å². The molecule has 1 rings (SSSR count). The van der Waals surface area contributed by atoms with Crippen LogP contribution in [0.15, 0.2) is 24.3 Å². The predicted octanol–water partition coefficient (Wildman–Crippen LogP) is 2.00. The summed E-state index contributed by atoms with van der Waals surface area (Å²) in [6.07, 6.45) is 1.10. The van der Waals surface area contributed by atoms with E-state index in [0.717, 1.165) is 11.8 Å². The first-order chi connectivity index (χ1) is 5.33. The Bertz CT molecular complexity index is 298. The molecule has 0 aliphatic carbocycles. The van der Waals surface area contributed by atoms with Crippen LogP contribution in [0.3, 0.4) is 0 Å². The van der Waals surface area contributed by atoms with Gasteiger partial charge in [-0.15, -0.1) is 0 Å². The molecule has 1 nitrogen and oxygen atoms in total. The molecule has 0 aromatic heterocycles. The Balaban J connectivity index is 2.90. The van der Waals surface area contributed by atoms with Gasteiger partial charge in [-0.3, -0.25) is 5.41 Å². The molecule has 0 fully saturated rings. The molecule has 0 saturated carbocycles. The maximum absolute atomic E-state index is 6.70. The Labute approximate surface area is 66.6 Å². The number of benzene rings is 1. The van der Waals surface area contributed by atoms with Crippen molar-refractivity contribution in [1.29, 1.82) is 5.41 Å². The van der Waals surface area contributed by atoms with Gasteiger partial charge in [-0.05, 0) is 19.1 Å². The lowest BCUT2D eigenvalue weighted by Gasteiger charge is -1.90. The first kappa shape index (κ1) is 7.56. The number of rotatable bonds is 0. The summed E-state index contributed by atoms with van der Waals surface area (Å²) in [5.41, 5.74) is 2.18. The van der Waals surface area contributed by atoms with E-state index < -0.39 is 0 Å². The zero-order valence-corrected chi connectivity index (χ0v) is 6.39. The summed E-state index contributed by atoms with van der Waals surface area (Å²) in [5.74, 6) is 5.40. The largest absolute Gasteiger partial charge is 0.300 e. The minimum Gasteiger partial charge on any atom is -0.300 e. The van der Waals surface area contributed by atoms with Crippen molar-refractivity contribution in [3.63, 3.8) is 0 Å². The molecular weight excluding hydrogens is 134 g/mol. The first-order valence-electron chi connectivity index (χ1n) is 3.40. The lowest BCUT2D eigenvalue weighted by molar-refractivity contribution is 1.46. The van der Waals surface area contributed by atoms with Gasteiger partial charge in [0.15, 0.2) is 0 Å². The highest BCUT2D eigenvalue weighted by atomic mass is 14.3. The first-order valence-corrected chi connectivity index (χ1v) is 3.40. The van der Waals surface area contributed by atoms with Gasteiger partial charge in [0.2, 0.25) is 0 Å². The summed E-state index contributed by atoms with van der Waals surface area (Å²) in [6, 6.07) is 7.92. The molecule has 0 aliphatic heterocycles. The minimum absolute atomic E-state index is 0.958. The molecule has 0 atom stereocenters. The van der Waals surface area contributed by atoms with E-state index >= 15 is 0 Å². The lowest BCUT2D eigenvalue weighted by atomic mass is 10.2. The third kappa shape index (κ3) is 2.27. The molecule has 0 unspecified atom stereocenters. The summed E-state index contributed by atoms with van der Waals surface area (Å²) in [6.45, 7) is 2.04. The van der Waals surface area contributed by atoms with Crippen molar-refractivity contribution in [2.45, 2.75) is 6.92 Å². The van der Waals surface area contributed by atoms with Gasteiger partial charge in [0.1, 0.15) is 0 Å². The Morgan fingerprint density at radius 3 is 2.45 bits per heavy atom. The van der Waals surface area contributed by atoms with Gasteiger partial charge in [-0.1, -0.05) is 29.5 Å². The molecule has 11 heavy (non-hydrogen) atoms. The summed E-state index contributed by atoms with van der Waals surface area (Å²) in [7, 11) is 0. The molecule has 1 aromatic carbocycles. The van der Waals surface area contributed by atoms with Gasteiger partial charge in [0, 0.05) is 5.56 Å². The average molecular weight is 143 g/mol. The van der Waals surface area contributed by atoms with Crippen molar-refractivity contribution in [3.8, 4) is 11.8 Å². The van der Waals surface area contributed by atoms with Gasteiger partial charge < -0.3 is 0 Å². The van der Waals surface area contributed by atoms with E-state index in [1.165, 1.54) is 5.56 Å². The van der Waals surface area contributed by atoms with Crippen LogP contribution in [0.2, 0.25) is 0 Å². The summed E-state index contributed by atoms with van der Waals surface area (Å²) in [4.78, 5) is 0. The molecule has 1 N–H and O–H groups in total. The van der Waals surface area contributed by atoms with Crippen LogP contribution in [0.25, 0.3) is 0 Å². The molecule has 1 aromatic rings. The van der Waals surface area contributed by atoms with Crippen LogP contribution in [0.4, 0.5) is 0 Å². The highest BCUT2D eigenvalue weighted by molar-refractivity contribution is 5.76. The fourth-order valence-electron chi connectivity index (χ4n) is 0.756. The van der Waals surface area contributed by atoms with Crippen LogP contribution in [0.5, 0.6) is 0 Å². The maximum atomic E-state index is 6.70. The van der Waals surface area contributed by atoms with E-state index in [0.29, 0.717) is 0 Å². The van der Waals surface area contributed by atoms with Crippen molar-refractivity contribution >= 4 is 6.21 Å². The number of hydrogen-bond acceptors (Lipinski definition) is 1. The zero-order valence-electron chi connectivity index (χ0n) is 6.39. The standard InChI is InChI=1S/C10H9N/c1-9-4-6-10(7-5-9)3-2-8-11/h4-8,11H,1H3. The number of aryl methyl sites for hydroxylation is 1. The third-order valence-electron chi connectivity index (χ3n) is 1.34. The molecule has 1 heteroatoms. The Morgan fingerprint density at radius 2 is 1.91 bits per heavy atom. The maximum Gasteiger partial charge on any atom is 0.0680 e. The van der Waals surface area contributed by atoms with Gasteiger partial charge in [0.25, 0.3) is 0 Å². The summed E-state index contributed by atoms with van der Waals surface area (Å²) in [5, 5.41) is 6.70. The number of nitrogens with one attached hydrogen (secondary N) is 1. The highest BCUT2D eigenvalue weighted by Gasteiger charge is 1.83. The number of hydrogen-bond donors (Lipinski definition) is 1. The minimum atomic E-state index is 0.958. The van der Waals surface area contributed by atoms with E-state index in [2.05, 4.69) is 11.8 Å². The van der Waals surface area contributed by atoms with Crippen molar-refractivity contribution in [1.82, 2.24) is 0 Å². The fraction of sp³-hybridized carbons (Fsp3) is 0.100. The Kier molecular flexibility index (Phi) is 2.46. The molecular formula is C10H9N. The summed E-state index contributed by atoms with van der Waals surface area (Å²) >= 11 is 0. The topological polar surface area (TPSA) is 23.9 Å². The van der Waals surface area contributed by atoms with Gasteiger partial charge in [0.05, 0.1) is 6.21 Å². The molecule has 0 radical (unpaired) electrons. The normalized spacial score (nSPS) is 8.09. The average Bonchev–Trinajstić information content (AvgIpc) is 2.04. The Morgan fingerprint density at radius 1 is 1.27 bits per heavy atom.